The van der Waals surface area contributed by atoms with E-state index in [2.05, 4.69) is 12.2 Å². The van der Waals surface area contributed by atoms with Crippen molar-refractivity contribution in [3.8, 4) is 0 Å². The van der Waals surface area contributed by atoms with Crippen LogP contribution in [0.3, 0.4) is 0 Å². The van der Waals surface area contributed by atoms with Crippen molar-refractivity contribution >= 4 is 17.3 Å². The fourth-order valence-electron chi connectivity index (χ4n) is 2.17. The monoisotopic (exact) mass is 250 g/mol. The van der Waals surface area contributed by atoms with Gasteiger partial charge in [-0.2, -0.15) is 0 Å². The predicted molar refractivity (Wildman–Crippen MR) is 69.9 cm³/mol. The minimum atomic E-state index is -0.972. The van der Waals surface area contributed by atoms with Crippen LogP contribution in [0.5, 0.6) is 0 Å². The van der Waals surface area contributed by atoms with Gasteiger partial charge in [0.25, 0.3) is 0 Å². The quantitative estimate of drug-likeness (QED) is 0.714. The van der Waals surface area contributed by atoms with Gasteiger partial charge in [0.2, 0.25) is 0 Å². The maximum absolute atomic E-state index is 10.8. The van der Waals surface area contributed by atoms with E-state index < -0.39 is 5.97 Å². The second kappa shape index (κ2) is 4.86. The van der Waals surface area contributed by atoms with Crippen LogP contribution in [0.2, 0.25) is 0 Å². The van der Waals surface area contributed by atoms with Crippen molar-refractivity contribution in [3.05, 3.63) is 23.8 Å². The summed E-state index contributed by atoms with van der Waals surface area (Å²) in [6, 6.07) is 4.73. The molecule has 0 aromatic heterocycles. The Balaban J connectivity index is 2.16. The van der Waals surface area contributed by atoms with Crippen molar-refractivity contribution in [2.24, 2.45) is 0 Å². The van der Waals surface area contributed by atoms with Crippen LogP contribution in [0.15, 0.2) is 18.2 Å². The van der Waals surface area contributed by atoms with Gasteiger partial charge < -0.3 is 20.9 Å². The van der Waals surface area contributed by atoms with Crippen LogP contribution in [0.1, 0.15) is 30.1 Å². The van der Waals surface area contributed by atoms with Crippen molar-refractivity contribution in [1.29, 1.82) is 0 Å². The summed E-state index contributed by atoms with van der Waals surface area (Å²) in [7, 11) is 0. The average Bonchev–Trinajstić information content (AvgIpc) is 2.32. The van der Waals surface area contributed by atoms with Crippen LogP contribution in [0.25, 0.3) is 0 Å². The van der Waals surface area contributed by atoms with E-state index in [4.69, 9.17) is 15.6 Å². The maximum atomic E-state index is 10.8. The molecule has 1 aromatic rings. The van der Waals surface area contributed by atoms with E-state index in [-0.39, 0.29) is 11.1 Å². The fourth-order valence-corrected chi connectivity index (χ4v) is 2.17. The molecule has 5 heteroatoms. The van der Waals surface area contributed by atoms with Crippen molar-refractivity contribution in [1.82, 2.24) is 0 Å². The molecule has 2 rings (SSSR count). The van der Waals surface area contributed by atoms with Crippen molar-refractivity contribution in [2.75, 3.05) is 24.3 Å². The van der Waals surface area contributed by atoms with Crippen molar-refractivity contribution in [2.45, 2.75) is 25.3 Å². The zero-order chi connectivity index (χ0) is 13.2. The van der Waals surface area contributed by atoms with E-state index in [1.54, 1.807) is 12.1 Å². The number of carbonyl (C=O) groups is 1. The highest BCUT2D eigenvalue weighted by Crippen LogP contribution is 2.28. The van der Waals surface area contributed by atoms with Crippen LogP contribution in [-0.2, 0) is 4.74 Å². The van der Waals surface area contributed by atoms with E-state index in [1.807, 2.05) is 0 Å². The summed E-state index contributed by atoms with van der Waals surface area (Å²) in [6.45, 7) is 3.51. The predicted octanol–water partition coefficient (Wildman–Crippen LogP) is 1.95. The number of benzene rings is 1. The minimum absolute atomic E-state index is 0.142. The Bertz CT molecular complexity index is 454. The molecule has 1 heterocycles. The second-order valence-electron chi connectivity index (χ2n) is 4.95. The molecule has 0 aliphatic carbocycles. The topological polar surface area (TPSA) is 84.6 Å². The smallest absolute Gasteiger partial charge is 0.335 e. The van der Waals surface area contributed by atoms with Gasteiger partial charge in [0.05, 0.1) is 29.1 Å². The summed E-state index contributed by atoms with van der Waals surface area (Å²) in [6.07, 6.45) is 2.02. The lowest BCUT2D eigenvalue weighted by Crippen LogP contribution is -2.43. The Morgan fingerprint density at radius 1 is 1.56 bits per heavy atom. The first-order valence-electron chi connectivity index (χ1n) is 5.99. The lowest BCUT2D eigenvalue weighted by atomic mass is 9.94. The molecule has 1 unspecified atom stereocenters. The second-order valence-corrected chi connectivity index (χ2v) is 4.95. The minimum Gasteiger partial charge on any atom is -0.478 e. The largest absolute Gasteiger partial charge is 0.478 e. The third-order valence-electron chi connectivity index (χ3n) is 3.17. The molecule has 1 saturated heterocycles. The number of carboxylic acids is 1. The lowest BCUT2D eigenvalue weighted by Gasteiger charge is -2.35. The molecule has 1 aliphatic heterocycles. The standard InChI is InChI=1S/C13H18N2O3/c1-13(5-2-6-18-8-13)15-11-4-3-9(12(16)17)7-10(11)14/h3-4,7,15H,2,5-6,8,14H2,1H3,(H,16,17). The first kappa shape index (κ1) is 12.7. The molecule has 1 aromatic carbocycles. The van der Waals surface area contributed by atoms with Crippen molar-refractivity contribution < 1.29 is 14.6 Å². The van der Waals surface area contributed by atoms with Gasteiger partial charge in [-0.25, -0.2) is 4.79 Å². The Morgan fingerprint density at radius 2 is 2.33 bits per heavy atom. The van der Waals surface area contributed by atoms with Gasteiger partial charge in [-0.3, -0.25) is 0 Å². The fraction of sp³-hybridized carbons (Fsp3) is 0.462. The SMILES string of the molecule is CC1(Nc2ccc(C(=O)O)cc2N)CCCOC1. The molecule has 98 valence electrons. The van der Waals surface area contributed by atoms with E-state index in [1.165, 1.54) is 6.07 Å². The van der Waals surface area contributed by atoms with Crippen LogP contribution >= 0.6 is 0 Å². The summed E-state index contributed by atoms with van der Waals surface area (Å²) in [5.41, 5.74) is 7.13. The number of rotatable bonds is 3. The lowest BCUT2D eigenvalue weighted by molar-refractivity contribution is 0.0540. The molecular formula is C13H18N2O3. The van der Waals surface area contributed by atoms with Crippen LogP contribution in [0, 0.1) is 0 Å². The molecule has 0 saturated carbocycles. The molecule has 0 spiro atoms. The summed E-state index contributed by atoms with van der Waals surface area (Å²) < 4.78 is 5.46. The third-order valence-corrected chi connectivity index (χ3v) is 3.17. The highest BCUT2D eigenvalue weighted by atomic mass is 16.5. The first-order valence-corrected chi connectivity index (χ1v) is 5.99. The molecule has 1 fully saturated rings. The Kier molecular flexibility index (Phi) is 3.43. The Morgan fingerprint density at radius 3 is 2.89 bits per heavy atom. The Labute approximate surface area is 106 Å². The number of ether oxygens (including phenoxy) is 1. The van der Waals surface area contributed by atoms with Crippen LogP contribution < -0.4 is 11.1 Å². The van der Waals surface area contributed by atoms with Gasteiger partial charge in [-0.1, -0.05) is 0 Å². The number of nitrogens with one attached hydrogen (secondary N) is 1. The van der Waals surface area contributed by atoms with Gasteiger partial charge in [-0.15, -0.1) is 0 Å². The van der Waals surface area contributed by atoms with Crippen molar-refractivity contribution in [3.63, 3.8) is 0 Å². The number of hydrogen-bond donors (Lipinski definition) is 3. The summed E-state index contributed by atoms with van der Waals surface area (Å²) in [5, 5.41) is 12.2. The van der Waals surface area contributed by atoms with Gasteiger partial charge in [0, 0.05) is 6.61 Å². The first-order chi connectivity index (χ1) is 8.50. The molecular weight excluding hydrogens is 232 g/mol. The number of anilines is 2. The Hall–Kier alpha value is -1.75. The van der Waals surface area contributed by atoms with E-state index in [0.29, 0.717) is 12.3 Å². The average molecular weight is 250 g/mol. The highest BCUT2D eigenvalue weighted by molar-refractivity contribution is 5.90. The summed E-state index contributed by atoms with van der Waals surface area (Å²) in [5.74, 6) is -0.972. The van der Waals surface area contributed by atoms with E-state index >= 15 is 0 Å². The molecule has 1 aliphatic rings. The molecule has 0 amide bonds. The zero-order valence-corrected chi connectivity index (χ0v) is 10.4. The maximum Gasteiger partial charge on any atom is 0.335 e. The molecule has 5 nitrogen and oxygen atoms in total. The van der Waals surface area contributed by atoms with Gasteiger partial charge in [0.1, 0.15) is 0 Å². The number of nitrogens with two attached hydrogens (primary N) is 1. The van der Waals surface area contributed by atoms with Crippen LogP contribution in [-0.4, -0.2) is 29.8 Å². The summed E-state index contributed by atoms with van der Waals surface area (Å²) in [4.78, 5) is 10.8. The zero-order valence-electron chi connectivity index (χ0n) is 10.4. The number of hydrogen-bond acceptors (Lipinski definition) is 4. The van der Waals surface area contributed by atoms with E-state index in [0.717, 1.165) is 25.1 Å². The normalized spacial score (nSPS) is 23.6. The van der Waals surface area contributed by atoms with Gasteiger partial charge >= 0.3 is 5.97 Å². The molecule has 4 N–H and O–H groups in total. The number of carboxylic acid groups (broad SMARTS) is 1. The molecule has 1 atom stereocenters. The summed E-state index contributed by atoms with van der Waals surface area (Å²) >= 11 is 0. The third kappa shape index (κ3) is 2.73. The highest BCUT2D eigenvalue weighted by Gasteiger charge is 2.27. The molecule has 18 heavy (non-hydrogen) atoms. The van der Waals surface area contributed by atoms with Crippen LogP contribution in [0.4, 0.5) is 11.4 Å². The molecule has 0 bridgehead atoms. The van der Waals surface area contributed by atoms with Gasteiger partial charge in [-0.05, 0) is 38.0 Å². The van der Waals surface area contributed by atoms with E-state index in [9.17, 15) is 4.79 Å². The number of aromatic carboxylic acids is 1. The molecule has 0 radical (unpaired) electrons. The number of nitrogen functional groups attached to an aromatic ring is 1. The van der Waals surface area contributed by atoms with Gasteiger partial charge in [0.15, 0.2) is 0 Å².